The molecule has 1 aliphatic carbocycles. The largest absolute Gasteiger partial charge is 0.309 e. The van der Waals surface area contributed by atoms with Gasteiger partial charge in [-0.25, -0.2) is 0 Å². The number of fused-ring (bicyclic) bond motifs is 12. The first-order valence-corrected chi connectivity index (χ1v) is 22.8. The molecule has 0 bridgehead atoms. The number of para-hydroxylation sites is 4. The van der Waals surface area contributed by atoms with E-state index in [1.165, 1.54) is 120 Å². The van der Waals surface area contributed by atoms with Crippen molar-refractivity contribution in [2.24, 2.45) is 0 Å². The standard InChI is InChI=1S/C63H42N2/c1-63(2)55-28-10-5-20-43(55)51-26-16-27-52(62(51)63)61-50-36-34-40(64-56-29-11-6-21-44(56)45-22-7-12-30-57(45)64)37-53(50)60(48-25-15-18-39-17-3-4-19-42(39)48)49-35-33-41(38-54(49)61)65-58-31-13-8-23-46(58)47-24-9-14-32-59(47)65/h3-38H,1-2H3. The molecular formula is C63H42N2. The first kappa shape index (κ1) is 36.3. The molecule has 11 aromatic carbocycles. The lowest BCUT2D eigenvalue weighted by Gasteiger charge is -2.27. The summed E-state index contributed by atoms with van der Waals surface area (Å²) in [7, 11) is 0. The fraction of sp³-hybridized carbons (Fsp3) is 0.0476. The van der Waals surface area contributed by atoms with Gasteiger partial charge >= 0.3 is 0 Å². The van der Waals surface area contributed by atoms with Gasteiger partial charge in [0.25, 0.3) is 0 Å². The van der Waals surface area contributed by atoms with Crippen LogP contribution in [-0.4, -0.2) is 9.13 Å². The fourth-order valence-electron chi connectivity index (χ4n) is 12.0. The molecule has 0 saturated carbocycles. The van der Waals surface area contributed by atoms with Gasteiger partial charge < -0.3 is 9.13 Å². The van der Waals surface area contributed by atoms with Crippen LogP contribution in [-0.2, 0) is 5.41 Å². The van der Waals surface area contributed by atoms with Gasteiger partial charge in [-0.2, -0.15) is 0 Å². The number of rotatable bonds is 4. The maximum absolute atomic E-state index is 2.49. The Morgan fingerprint density at radius 1 is 0.292 bits per heavy atom. The summed E-state index contributed by atoms with van der Waals surface area (Å²) in [6.07, 6.45) is 0. The van der Waals surface area contributed by atoms with Gasteiger partial charge in [0, 0.05) is 38.3 Å². The molecule has 0 amide bonds. The molecule has 0 N–H and O–H groups in total. The minimum absolute atomic E-state index is 0.219. The van der Waals surface area contributed by atoms with Crippen LogP contribution in [0.2, 0.25) is 0 Å². The van der Waals surface area contributed by atoms with Crippen molar-refractivity contribution in [3.05, 3.63) is 230 Å². The Morgan fingerprint density at radius 2 is 0.692 bits per heavy atom. The summed E-state index contributed by atoms with van der Waals surface area (Å²) >= 11 is 0. The number of nitrogens with zero attached hydrogens (tertiary/aromatic N) is 2. The molecule has 0 fully saturated rings. The normalized spacial score (nSPS) is 13.2. The Kier molecular flexibility index (Phi) is 7.49. The van der Waals surface area contributed by atoms with Gasteiger partial charge in [-0.3, -0.25) is 0 Å². The Bertz CT molecular complexity index is 4040. The van der Waals surface area contributed by atoms with Crippen LogP contribution in [0.5, 0.6) is 0 Å². The number of aromatic nitrogens is 2. The maximum Gasteiger partial charge on any atom is 0.0541 e. The lowest BCUT2D eigenvalue weighted by Crippen LogP contribution is -2.16. The summed E-state index contributed by atoms with van der Waals surface area (Å²) in [4.78, 5) is 0. The first-order valence-electron chi connectivity index (χ1n) is 22.8. The Morgan fingerprint density at radius 3 is 1.26 bits per heavy atom. The molecule has 0 saturated heterocycles. The molecule has 0 unspecified atom stereocenters. The topological polar surface area (TPSA) is 9.86 Å². The summed E-state index contributed by atoms with van der Waals surface area (Å²) < 4.78 is 4.93. The molecule has 13 aromatic rings. The molecule has 0 spiro atoms. The monoisotopic (exact) mass is 826 g/mol. The molecule has 0 aliphatic heterocycles. The molecule has 65 heavy (non-hydrogen) atoms. The highest BCUT2D eigenvalue weighted by Crippen LogP contribution is 2.55. The van der Waals surface area contributed by atoms with E-state index in [0.29, 0.717) is 0 Å². The van der Waals surface area contributed by atoms with Gasteiger partial charge in [-0.05, 0) is 125 Å². The minimum Gasteiger partial charge on any atom is -0.309 e. The lowest BCUT2D eigenvalue weighted by atomic mass is 9.76. The number of hydrogen-bond acceptors (Lipinski definition) is 0. The predicted octanol–water partition coefficient (Wildman–Crippen LogP) is 17.0. The second-order valence-electron chi connectivity index (χ2n) is 18.4. The van der Waals surface area contributed by atoms with Crippen molar-refractivity contribution in [3.8, 4) is 44.8 Å². The minimum atomic E-state index is -0.219. The van der Waals surface area contributed by atoms with Crippen molar-refractivity contribution in [1.82, 2.24) is 9.13 Å². The Balaban J connectivity index is 1.18. The maximum atomic E-state index is 2.49. The molecule has 1 aliphatic rings. The first-order chi connectivity index (χ1) is 32.0. The zero-order valence-corrected chi connectivity index (χ0v) is 36.2. The summed E-state index contributed by atoms with van der Waals surface area (Å²) in [6.45, 7) is 4.83. The molecule has 0 atom stereocenters. The summed E-state index contributed by atoms with van der Waals surface area (Å²) in [5.41, 5.74) is 17.4. The van der Waals surface area contributed by atoms with Gasteiger partial charge in [0.1, 0.15) is 0 Å². The van der Waals surface area contributed by atoms with Crippen LogP contribution in [0.25, 0.3) is 121 Å². The van der Waals surface area contributed by atoms with E-state index < -0.39 is 0 Å². The highest BCUT2D eigenvalue weighted by Gasteiger charge is 2.38. The summed E-state index contributed by atoms with van der Waals surface area (Å²) in [5.74, 6) is 0. The predicted molar refractivity (Wildman–Crippen MR) is 276 cm³/mol. The molecule has 304 valence electrons. The Hall–Kier alpha value is -8.20. The van der Waals surface area contributed by atoms with Crippen molar-refractivity contribution in [3.63, 3.8) is 0 Å². The van der Waals surface area contributed by atoms with E-state index in [4.69, 9.17) is 0 Å². The van der Waals surface area contributed by atoms with Crippen LogP contribution in [0.4, 0.5) is 0 Å². The molecule has 14 rings (SSSR count). The van der Waals surface area contributed by atoms with E-state index in [1.54, 1.807) is 0 Å². The lowest BCUT2D eigenvalue weighted by molar-refractivity contribution is 0.662. The van der Waals surface area contributed by atoms with Crippen LogP contribution in [0, 0.1) is 0 Å². The summed E-state index contributed by atoms with van der Waals surface area (Å²) in [5, 5.41) is 12.5. The van der Waals surface area contributed by atoms with Crippen LogP contribution >= 0.6 is 0 Å². The second kappa shape index (κ2) is 13.4. The van der Waals surface area contributed by atoms with Gasteiger partial charge in [0.2, 0.25) is 0 Å². The third-order valence-corrected chi connectivity index (χ3v) is 14.7. The van der Waals surface area contributed by atoms with Gasteiger partial charge in [0.15, 0.2) is 0 Å². The highest BCUT2D eigenvalue weighted by atomic mass is 15.0. The molecule has 2 nitrogen and oxygen atoms in total. The summed E-state index contributed by atoms with van der Waals surface area (Å²) in [6, 6.07) is 81.7. The molecule has 0 radical (unpaired) electrons. The van der Waals surface area contributed by atoms with E-state index in [2.05, 4.69) is 241 Å². The number of benzene rings is 11. The highest BCUT2D eigenvalue weighted by molar-refractivity contribution is 6.25. The molecule has 2 aromatic heterocycles. The van der Waals surface area contributed by atoms with Crippen LogP contribution in [0.15, 0.2) is 218 Å². The average molecular weight is 827 g/mol. The second-order valence-corrected chi connectivity index (χ2v) is 18.4. The van der Waals surface area contributed by atoms with E-state index in [1.807, 2.05) is 0 Å². The fourth-order valence-corrected chi connectivity index (χ4v) is 12.0. The molecular weight excluding hydrogens is 785 g/mol. The zero-order valence-electron chi connectivity index (χ0n) is 36.2. The van der Waals surface area contributed by atoms with E-state index in [9.17, 15) is 0 Å². The van der Waals surface area contributed by atoms with Crippen molar-refractivity contribution in [2.45, 2.75) is 19.3 Å². The van der Waals surface area contributed by atoms with E-state index >= 15 is 0 Å². The van der Waals surface area contributed by atoms with E-state index in [-0.39, 0.29) is 5.41 Å². The van der Waals surface area contributed by atoms with Crippen LogP contribution in [0.3, 0.4) is 0 Å². The van der Waals surface area contributed by atoms with Crippen molar-refractivity contribution in [1.29, 1.82) is 0 Å². The molecule has 2 heteroatoms. The van der Waals surface area contributed by atoms with E-state index in [0.717, 1.165) is 11.4 Å². The third kappa shape index (κ3) is 5.00. The third-order valence-electron chi connectivity index (χ3n) is 14.7. The van der Waals surface area contributed by atoms with Crippen molar-refractivity contribution in [2.75, 3.05) is 0 Å². The molecule has 2 heterocycles. The van der Waals surface area contributed by atoms with Crippen LogP contribution < -0.4 is 0 Å². The Labute approximate surface area is 376 Å². The van der Waals surface area contributed by atoms with Crippen molar-refractivity contribution >= 4 is 75.9 Å². The average Bonchev–Trinajstić information content (AvgIpc) is 3.96. The van der Waals surface area contributed by atoms with Gasteiger partial charge in [0.05, 0.1) is 22.1 Å². The quantitative estimate of drug-likeness (QED) is 0.156. The zero-order chi connectivity index (χ0) is 43.0. The van der Waals surface area contributed by atoms with Crippen LogP contribution in [0.1, 0.15) is 25.0 Å². The van der Waals surface area contributed by atoms with Gasteiger partial charge in [-0.1, -0.05) is 184 Å². The van der Waals surface area contributed by atoms with Crippen molar-refractivity contribution < 1.29 is 0 Å². The van der Waals surface area contributed by atoms with Gasteiger partial charge in [-0.15, -0.1) is 0 Å². The smallest absolute Gasteiger partial charge is 0.0541 e. The SMILES string of the molecule is CC1(C)c2ccccc2-c2cccc(-c3c4cc(-n5c6ccccc6c6ccccc65)ccc4c(-c4cccc5ccccc45)c4cc(-n5c6ccccc6c6ccccc65)ccc34)c21. The number of hydrogen-bond donors (Lipinski definition) is 0.